The fourth-order valence-corrected chi connectivity index (χ4v) is 4.59. The van der Waals surface area contributed by atoms with Crippen LogP contribution < -0.4 is 11.1 Å². The SMILES string of the molecule is CC(C)C(CN)C(=O)NC1C2(C)CCC(C2)C1(C)C. The molecule has 3 nitrogen and oxygen atoms in total. The quantitative estimate of drug-likeness (QED) is 0.821. The van der Waals surface area contributed by atoms with Gasteiger partial charge in [0.15, 0.2) is 0 Å². The average molecular weight is 266 g/mol. The number of rotatable bonds is 4. The molecule has 4 unspecified atom stereocenters. The molecule has 0 radical (unpaired) electrons. The second-order valence-electron chi connectivity index (χ2n) is 7.94. The molecule has 0 aromatic heterocycles. The van der Waals surface area contributed by atoms with Crippen molar-refractivity contribution in [3.63, 3.8) is 0 Å². The van der Waals surface area contributed by atoms with Gasteiger partial charge >= 0.3 is 0 Å². The van der Waals surface area contributed by atoms with E-state index in [0.717, 1.165) is 5.92 Å². The highest BCUT2D eigenvalue weighted by atomic mass is 16.2. The molecule has 0 aliphatic heterocycles. The largest absolute Gasteiger partial charge is 0.352 e. The maximum atomic E-state index is 12.5. The van der Waals surface area contributed by atoms with Gasteiger partial charge in [0, 0.05) is 12.6 Å². The Hall–Kier alpha value is -0.570. The second-order valence-corrected chi connectivity index (χ2v) is 7.94. The first-order chi connectivity index (χ1) is 8.72. The summed E-state index contributed by atoms with van der Waals surface area (Å²) in [5, 5.41) is 3.35. The summed E-state index contributed by atoms with van der Waals surface area (Å²) in [6, 6.07) is 0.305. The van der Waals surface area contributed by atoms with E-state index in [2.05, 4.69) is 39.9 Å². The molecule has 0 heterocycles. The van der Waals surface area contributed by atoms with Crippen LogP contribution in [0, 0.1) is 28.6 Å². The highest BCUT2D eigenvalue weighted by Crippen LogP contribution is 2.62. The third kappa shape index (κ3) is 2.31. The van der Waals surface area contributed by atoms with Crippen molar-refractivity contribution < 1.29 is 4.79 Å². The van der Waals surface area contributed by atoms with Crippen LogP contribution >= 0.6 is 0 Å². The van der Waals surface area contributed by atoms with E-state index in [1.165, 1.54) is 19.3 Å². The highest BCUT2D eigenvalue weighted by molar-refractivity contribution is 5.79. The lowest BCUT2D eigenvalue weighted by molar-refractivity contribution is -0.128. The number of hydrogen-bond donors (Lipinski definition) is 2. The van der Waals surface area contributed by atoms with Crippen molar-refractivity contribution in [2.45, 2.75) is 59.9 Å². The smallest absolute Gasteiger partial charge is 0.224 e. The summed E-state index contributed by atoms with van der Waals surface area (Å²) in [7, 11) is 0. The van der Waals surface area contributed by atoms with Crippen molar-refractivity contribution >= 4 is 5.91 Å². The lowest BCUT2D eigenvalue weighted by Crippen LogP contribution is -2.54. The zero-order valence-corrected chi connectivity index (χ0v) is 13.1. The van der Waals surface area contributed by atoms with E-state index in [4.69, 9.17) is 5.73 Å². The summed E-state index contributed by atoms with van der Waals surface area (Å²) in [6.45, 7) is 11.6. The van der Waals surface area contributed by atoms with Gasteiger partial charge in [-0.2, -0.15) is 0 Å². The van der Waals surface area contributed by atoms with E-state index >= 15 is 0 Å². The topological polar surface area (TPSA) is 55.1 Å². The van der Waals surface area contributed by atoms with Crippen LogP contribution in [-0.4, -0.2) is 18.5 Å². The van der Waals surface area contributed by atoms with Crippen LogP contribution in [0.2, 0.25) is 0 Å². The number of amides is 1. The fourth-order valence-electron chi connectivity index (χ4n) is 4.59. The molecule has 2 saturated carbocycles. The molecule has 2 fully saturated rings. The van der Waals surface area contributed by atoms with Crippen LogP contribution in [0.4, 0.5) is 0 Å². The molecule has 3 heteroatoms. The van der Waals surface area contributed by atoms with Crippen molar-refractivity contribution in [1.82, 2.24) is 5.32 Å². The molecule has 2 bridgehead atoms. The zero-order chi connectivity index (χ0) is 14.4. The number of nitrogens with one attached hydrogen (secondary N) is 1. The van der Waals surface area contributed by atoms with Gasteiger partial charge in [-0.15, -0.1) is 0 Å². The number of carbonyl (C=O) groups excluding carboxylic acids is 1. The molecule has 19 heavy (non-hydrogen) atoms. The number of nitrogens with two attached hydrogens (primary N) is 1. The van der Waals surface area contributed by atoms with Crippen LogP contribution in [0.1, 0.15) is 53.9 Å². The lowest BCUT2D eigenvalue weighted by Gasteiger charge is -2.43. The van der Waals surface area contributed by atoms with Crippen molar-refractivity contribution in [2.75, 3.05) is 6.54 Å². The van der Waals surface area contributed by atoms with Crippen molar-refractivity contribution in [1.29, 1.82) is 0 Å². The Morgan fingerprint density at radius 1 is 1.37 bits per heavy atom. The molecule has 1 amide bonds. The molecule has 2 rings (SSSR count). The van der Waals surface area contributed by atoms with Crippen LogP contribution in [-0.2, 0) is 4.79 Å². The normalized spacial score (nSPS) is 37.6. The molecule has 0 saturated heterocycles. The van der Waals surface area contributed by atoms with Gasteiger partial charge in [-0.05, 0) is 41.9 Å². The summed E-state index contributed by atoms with van der Waals surface area (Å²) in [4.78, 5) is 12.5. The first-order valence-electron chi connectivity index (χ1n) is 7.73. The van der Waals surface area contributed by atoms with Crippen LogP contribution in [0.15, 0.2) is 0 Å². The molecule has 110 valence electrons. The van der Waals surface area contributed by atoms with Crippen molar-refractivity contribution in [3.05, 3.63) is 0 Å². The first kappa shape index (κ1) is 14.8. The summed E-state index contributed by atoms with van der Waals surface area (Å²) in [5.74, 6) is 1.17. The third-order valence-electron chi connectivity index (χ3n) is 5.95. The van der Waals surface area contributed by atoms with Gasteiger partial charge in [-0.25, -0.2) is 0 Å². The molecule has 0 spiro atoms. The van der Waals surface area contributed by atoms with Crippen LogP contribution in [0.5, 0.6) is 0 Å². The van der Waals surface area contributed by atoms with Crippen LogP contribution in [0.25, 0.3) is 0 Å². The van der Waals surface area contributed by atoms with Gasteiger partial charge in [-0.1, -0.05) is 34.6 Å². The number of fused-ring (bicyclic) bond motifs is 2. The molecule has 2 aliphatic rings. The van der Waals surface area contributed by atoms with E-state index in [1.807, 2.05) is 0 Å². The summed E-state index contributed by atoms with van der Waals surface area (Å²) < 4.78 is 0. The Kier molecular flexibility index (Phi) is 3.72. The van der Waals surface area contributed by atoms with Gasteiger partial charge < -0.3 is 11.1 Å². The maximum absolute atomic E-state index is 12.5. The Balaban J connectivity index is 2.12. The predicted octanol–water partition coefficient (Wildman–Crippen LogP) is 2.55. The Labute approximate surface area is 117 Å². The van der Waals surface area contributed by atoms with E-state index in [1.54, 1.807) is 0 Å². The van der Waals surface area contributed by atoms with Gasteiger partial charge in [0.2, 0.25) is 5.91 Å². The van der Waals surface area contributed by atoms with Gasteiger partial charge in [0.25, 0.3) is 0 Å². The first-order valence-corrected chi connectivity index (χ1v) is 7.73. The van der Waals surface area contributed by atoms with E-state index in [0.29, 0.717) is 23.9 Å². The maximum Gasteiger partial charge on any atom is 0.224 e. The average Bonchev–Trinajstić information content (AvgIpc) is 2.76. The third-order valence-corrected chi connectivity index (χ3v) is 5.95. The molecular formula is C16H30N2O. The molecule has 3 N–H and O–H groups in total. The standard InChI is InChI=1S/C16H30N2O/c1-10(2)12(9-17)13(19)18-14-15(3,4)11-6-7-16(14,5)8-11/h10-12,14H,6-9,17H2,1-5H3,(H,18,19). The molecular weight excluding hydrogens is 236 g/mol. The van der Waals surface area contributed by atoms with Gasteiger partial charge in [0.1, 0.15) is 0 Å². The van der Waals surface area contributed by atoms with E-state index in [9.17, 15) is 4.79 Å². The minimum atomic E-state index is -0.0569. The summed E-state index contributed by atoms with van der Waals surface area (Å²) >= 11 is 0. The molecule has 0 aromatic rings. The molecule has 0 aromatic carbocycles. The second kappa shape index (κ2) is 4.76. The van der Waals surface area contributed by atoms with Gasteiger partial charge in [-0.3, -0.25) is 4.79 Å². The van der Waals surface area contributed by atoms with Crippen molar-refractivity contribution in [3.8, 4) is 0 Å². The monoisotopic (exact) mass is 266 g/mol. The minimum absolute atomic E-state index is 0.0569. The number of hydrogen-bond acceptors (Lipinski definition) is 2. The highest BCUT2D eigenvalue weighted by Gasteiger charge is 2.59. The van der Waals surface area contributed by atoms with Gasteiger partial charge in [0.05, 0.1) is 5.92 Å². The Morgan fingerprint density at radius 3 is 2.42 bits per heavy atom. The lowest BCUT2D eigenvalue weighted by atomic mass is 9.68. The van der Waals surface area contributed by atoms with Crippen LogP contribution in [0.3, 0.4) is 0 Å². The minimum Gasteiger partial charge on any atom is -0.352 e. The molecule has 4 atom stereocenters. The summed E-state index contributed by atoms with van der Waals surface area (Å²) in [5.41, 5.74) is 6.28. The fraction of sp³-hybridized carbons (Fsp3) is 0.938. The van der Waals surface area contributed by atoms with E-state index < -0.39 is 0 Å². The predicted molar refractivity (Wildman–Crippen MR) is 78.5 cm³/mol. The number of carbonyl (C=O) groups is 1. The Bertz CT molecular complexity index is 359. The molecule has 2 aliphatic carbocycles. The van der Waals surface area contributed by atoms with E-state index in [-0.39, 0.29) is 17.2 Å². The van der Waals surface area contributed by atoms with Crippen molar-refractivity contribution in [2.24, 2.45) is 34.3 Å². The summed E-state index contributed by atoms with van der Waals surface area (Å²) in [6.07, 6.45) is 3.83. The Morgan fingerprint density at radius 2 is 2.00 bits per heavy atom. The zero-order valence-electron chi connectivity index (χ0n) is 13.1.